The molecule has 0 fully saturated rings. The van der Waals surface area contributed by atoms with E-state index in [0.717, 1.165) is 15.6 Å². The van der Waals surface area contributed by atoms with E-state index in [4.69, 9.17) is 9.47 Å². The SMILES string of the molecule is COc1cc(C(O)Cc2ccccc2)c(OC)cc1Br. The Morgan fingerprint density at radius 2 is 1.70 bits per heavy atom. The summed E-state index contributed by atoms with van der Waals surface area (Å²) in [6.45, 7) is 0. The Hall–Kier alpha value is -1.52. The van der Waals surface area contributed by atoms with Gasteiger partial charge in [-0.2, -0.15) is 0 Å². The lowest BCUT2D eigenvalue weighted by atomic mass is 10.0. The summed E-state index contributed by atoms with van der Waals surface area (Å²) in [7, 11) is 3.19. The van der Waals surface area contributed by atoms with E-state index >= 15 is 0 Å². The molecule has 0 radical (unpaired) electrons. The molecule has 0 spiro atoms. The summed E-state index contributed by atoms with van der Waals surface area (Å²) in [4.78, 5) is 0. The maximum Gasteiger partial charge on any atom is 0.133 e. The number of methoxy groups -OCH3 is 2. The van der Waals surface area contributed by atoms with E-state index in [9.17, 15) is 5.11 Å². The Kier molecular flexibility index (Phi) is 5.04. The van der Waals surface area contributed by atoms with Crippen LogP contribution in [0.25, 0.3) is 0 Å². The van der Waals surface area contributed by atoms with E-state index in [-0.39, 0.29) is 0 Å². The predicted octanol–water partition coefficient (Wildman–Crippen LogP) is 3.74. The molecule has 2 aromatic rings. The van der Waals surface area contributed by atoms with Gasteiger partial charge in [0.15, 0.2) is 0 Å². The third kappa shape index (κ3) is 3.32. The number of benzene rings is 2. The van der Waals surface area contributed by atoms with Gasteiger partial charge in [-0.1, -0.05) is 30.3 Å². The molecule has 0 bridgehead atoms. The van der Waals surface area contributed by atoms with Gasteiger partial charge in [0.05, 0.1) is 24.8 Å². The van der Waals surface area contributed by atoms with Crippen molar-refractivity contribution in [3.63, 3.8) is 0 Å². The molecule has 1 atom stereocenters. The van der Waals surface area contributed by atoms with Crippen LogP contribution in [0.15, 0.2) is 46.9 Å². The van der Waals surface area contributed by atoms with Crippen LogP contribution in [0.2, 0.25) is 0 Å². The highest BCUT2D eigenvalue weighted by molar-refractivity contribution is 9.10. The fraction of sp³-hybridized carbons (Fsp3) is 0.250. The van der Waals surface area contributed by atoms with Gasteiger partial charge in [0, 0.05) is 12.0 Å². The summed E-state index contributed by atoms with van der Waals surface area (Å²) < 4.78 is 11.4. The van der Waals surface area contributed by atoms with E-state index in [2.05, 4.69) is 15.9 Å². The summed E-state index contributed by atoms with van der Waals surface area (Å²) in [5, 5.41) is 10.4. The van der Waals surface area contributed by atoms with Crippen molar-refractivity contribution < 1.29 is 14.6 Å². The second-order valence-electron chi connectivity index (χ2n) is 4.43. The number of hydrogen-bond donors (Lipinski definition) is 1. The monoisotopic (exact) mass is 336 g/mol. The van der Waals surface area contributed by atoms with Gasteiger partial charge < -0.3 is 14.6 Å². The first kappa shape index (κ1) is 14.9. The quantitative estimate of drug-likeness (QED) is 0.903. The fourth-order valence-corrected chi connectivity index (χ4v) is 2.58. The van der Waals surface area contributed by atoms with Crippen molar-refractivity contribution in [2.75, 3.05) is 14.2 Å². The first-order valence-corrected chi connectivity index (χ1v) is 7.08. The smallest absolute Gasteiger partial charge is 0.133 e. The van der Waals surface area contributed by atoms with Gasteiger partial charge in [0.25, 0.3) is 0 Å². The third-order valence-electron chi connectivity index (χ3n) is 3.14. The van der Waals surface area contributed by atoms with Crippen molar-refractivity contribution >= 4 is 15.9 Å². The van der Waals surface area contributed by atoms with Crippen molar-refractivity contribution in [1.29, 1.82) is 0 Å². The second kappa shape index (κ2) is 6.77. The molecule has 0 aliphatic heterocycles. The van der Waals surface area contributed by atoms with Crippen LogP contribution in [0.4, 0.5) is 0 Å². The van der Waals surface area contributed by atoms with Crippen molar-refractivity contribution in [2.45, 2.75) is 12.5 Å². The van der Waals surface area contributed by atoms with Crippen LogP contribution in [0.1, 0.15) is 17.2 Å². The van der Waals surface area contributed by atoms with Crippen LogP contribution in [-0.2, 0) is 6.42 Å². The molecule has 0 saturated carbocycles. The van der Waals surface area contributed by atoms with Crippen molar-refractivity contribution in [3.8, 4) is 11.5 Å². The standard InChI is InChI=1S/C16H17BrO3/c1-19-15-10-13(17)16(20-2)9-12(15)14(18)8-11-6-4-3-5-7-11/h3-7,9-10,14,18H,8H2,1-2H3. The lowest BCUT2D eigenvalue weighted by Gasteiger charge is -2.17. The van der Waals surface area contributed by atoms with Crippen molar-refractivity contribution in [2.24, 2.45) is 0 Å². The van der Waals surface area contributed by atoms with Gasteiger partial charge in [0.1, 0.15) is 11.5 Å². The molecule has 0 saturated heterocycles. The molecule has 0 aliphatic rings. The van der Waals surface area contributed by atoms with E-state index < -0.39 is 6.10 Å². The predicted molar refractivity (Wildman–Crippen MR) is 82.4 cm³/mol. The molecule has 20 heavy (non-hydrogen) atoms. The van der Waals surface area contributed by atoms with E-state index in [1.165, 1.54) is 0 Å². The number of aliphatic hydroxyl groups excluding tert-OH is 1. The van der Waals surface area contributed by atoms with Crippen molar-refractivity contribution in [1.82, 2.24) is 0 Å². The Morgan fingerprint density at radius 3 is 2.30 bits per heavy atom. The number of rotatable bonds is 5. The Labute approximate surface area is 127 Å². The maximum absolute atomic E-state index is 10.4. The molecule has 3 nitrogen and oxygen atoms in total. The number of hydrogen-bond acceptors (Lipinski definition) is 3. The molecule has 0 aliphatic carbocycles. The summed E-state index contributed by atoms with van der Waals surface area (Å²) in [6.07, 6.45) is -0.114. The molecule has 0 amide bonds. The van der Waals surface area contributed by atoms with Gasteiger partial charge in [-0.15, -0.1) is 0 Å². The summed E-state index contributed by atoms with van der Waals surface area (Å²) in [6, 6.07) is 13.5. The van der Waals surface area contributed by atoms with Crippen LogP contribution in [0.3, 0.4) is 0 Å². The van der Waals surface area contributed by atoms with Crippen LogP contribution in [-0.4, -0.2) is 19.3 Å². The van der Waals surface area contributed by atoms with E-state index in [1.807, 2.05) is 36.4 Å². The van der Waals surface area contributed by atoms with Crippen LogP contribution >= 0.6 is 15.9 Å². The van der Waals surface area contributed by atoms with Gasteiger partial charge in [-0.05, 0) is 33.6 Å². The zero-order chi connectivity index (χ0) is 14.5. The average Bonchev–Trinajstić information content (AvgIpc) is 2.47. The highest BCUT2D eigenvalue weighted by Crippen LogP contribution is 2.36. The molecule has 2 aromatic carbocycles. The van der Waals surface area contributed by atoms with Crippen LogP contribution < -0.4 is 9.47 Å². The Morgan fingerprint density at radius 1 is 1.05 bits per heavy atom. The highest BCUT2D eigenvalue weighted by atomic mass is 79.9. The van der Waals surface area contributed by atoms with Crippen LogP contribution in [0, 0.1) is 0 Å². The number of halogens is 1. The summed E-state index contributed by atoms with van der Waals surface area (Å²) in [5.41, 5.74) is 1.79. The molecule has 1 unspecified atom stereocenters. The van der Waals surface area contributed by atoms with Gasteiger partial charge >= 0.3 is 0 Å². The van der Waals surface area contributed by atoms with Gasteiger partial charge in [-0.3, -0.25) is 0 Å². The first-order chi connectivity index (χ1) is 9.65. The molecule has 4 heteroatoms. The first-order valence-electron chi connectivity index (χ1n) is 6.29. The third-order valence-corrected chi connectivity index (χ3v) is 3.75. The zero-order valence-corrected chi connectivity index (χ0v) is 13.1. The lowest BCUT2D eigenvalue weighted by molar-refractivity contribution is 0.173. The Balaban J connectivity index is 2.30. The highest BCUT2D eigenvalue weighted by Gasteiger charge is 2.17. The number of ether oxygens (including phenoxy) is 2. The van der Waals surface area contributed by atoms with E-state index in [0.29, 0.717) is 17.9 Å². The zero-order valence-electron chi connectivity index (χ0n) is 11.5. The molecule has 0 heterocycles. The molecule has 1 N–H and O–H groups in total. The maximum atomic E-state index is 10.4. The number of aliphatic hydroxyl groups is 1. The second-order valence-corrected chi connectivity index (χ2v) is 5.29. The lowest BCUT2D eigenvalue weighted by Crippen LogP contribution is -2.05. The molecular weight excluding hydrogens is 320 g/mol. The van der Waals surface area contributed by atoms with Crippen molar-refractivity contribution in [3.05, 3.63) is 58.1 Å². The normalized spacial score (nSPS) is 12.0. The molecule has 0 aromatic heterocycles. The molecule has 106 valence electrons. The average molecular weight is 337 g/mol. The minimum Gasteiger partial charge on any atom is -0.496 e. The van der Waals surface area contributed by atoms with Crippen LogP contribution in [0.5, 0.6) is 11.5 Å². The minimum atomic E-state index is -0.644. The summed E-state index contributed by atoms with van der Waals surface area (Å²) >= 11 is 3.41. The summed E-state index contributed by atoms with van der Waals surface area (Å²) in [5.74, 6) is 1.31. The van der Waals surface area contributed by atoms with E-state index in [1.54, 1.807) is 20.3 Å². The van der Waals surface area contributed by atoms with Gasteiger partial charge in [0.2, 0.25) is 0 Å². The Bertz CT molecular complexity index is 569. The fourth-order valence-electron chi connectivity index (χ4n) is 2.09. The molecular formula is C16H17BrO3. The minimum absolute atomic E-state index is 0.530. The van der Waals surface area contributed by atoms with Gasteiger partial charge in [-0.25, -0.2) is 0 Å². The topological polar surface area (TPSA) is 38.7 Å². The molecule has 2 rings (SSSR count). The largest absolute Gasteiger partial charge is 0.496 e.